The van der Waals surface area contributed by atoms with Gasteiger partial charge in [-0.15, -0.1) is 0 Å². The van der Waals surface area contributed by atoms with Gasteiger partial charge in [-0.2, -0.15) is 5.26 Å². The molecule has 2 aliphatic rings. The second kappa shape index (κ2) is 5.21. The van der Waals surface area contributed by atoms with E-state index >= 15 is 0 Å². The number of hydrogen-bond acceptors (Lipinski definition) is 1. The van der Waals surface area contributed by atoms with E-state index in [0.717, 1.165) is 0 Å². The molecule has 6 rings (SSSR count). The van der Waals surface area contributed by atoms with Gasteiger partial charge in [-0.3, -0.25) is 0 Å². The van der Waals surface area contributed by atoms with Crippen molar-refractivity contribution < 1.29 is 0 Å². The average molecular weight is 355 g/mol. The SMILES string of the molecule is Cc1ccc2c(c1)C1(c3ccccc3-c3ccccc31)c1cc(C#N)ccc1-2. The normalized spacial score (nSPS) is 14.1. The van der Waals surface area contributed by atoms with Crippen LogP contribution in [0.2, 0.25) is 0 Å². The van der Waals surface area contributed by atoms with Crippen LogP contribution in [0.3, 0.4) is 0 Å². The molecule has 0 bridgehead atoms. The molecule has 0 unspecified atom stereocenters. The van der Waals surface area contributed by atoms with Crippen LogP contribution in [0.5, 0.6) is 0 Å². The fourth-order valence-electron chi connectivity index (χ4n) is 5.32. The number of nitriles is 1. The zero-order valence-corrected chi connectivity index (χ0v) is 15.5. The van der Waals surface area contributed by atoms with E-state index in [1.807, 2.05) is 6.07 Å². The van der Waals surface area contributed by atoms with Crippen molar-refractivity contribution in [1.29, 1.82) is 5.26 Å². The minimum atomic E-state index is -0.350. The summed E-state index contributed by atoms with van der Waals surface area (Å²) in [6.07, 6.45) is 0. The zero-order chi connectivity index (χ0) is 18.9. The first-order chi connectivity index (χ1) is 13.7. The predicted molar refractivity (Wildman–Crippen MR) is 112 cm³/mol. The van der Waals surface area contributed by atoms with Gasteiger partial charge in [-0.1, -0.05) is 78.4 Å². The van der Waals surface area contributed by atoms with Crippen LogP contribution in [0.4, 0.5) is 0 Å². The third-order valence-corrected chi connectivity index (χ3v) is 6.37. The van der Waals surface area contributed by atoms with E-state index in [1.54, 1.807) is 0 Å². The quantitative estimate of drug-likeness (QED) is 0.318. The van der Waals surface area contributed by atoms with Crippen LogP contribution in [-0.2, 0) is 5.41 Å². The number of hydrogen-bond donors (Lipinski definition) is 0. The molecule has 0 atom stereocenters. The number of benzene rings is 4. The topological polar surface area (TPSA) is 23.8 Å². The molecular weight excluding hydrogens is 338 g/mol. The monoisotopic (exact) mass is 355 g/mol. The van der Waals surface area contributed by atoms with Crippen molar-refractivity contribution in [3.8, 4) is 28.3 Å². The Balaban J connectivity index is 1.87. The number of rotatable bonds is 0. The maximum Gasteiger partial charge on any atom is 0.0991 e. The number of aryl methyl sites for hydroxylation is 1. The summed E-state index contributed by atoms with van der Waals surface area (Å²) >= 11 is 0. The number of fused-ring (bicyclic) bond motifs is 10. The summed E-state index contributed by atoms with van der Waals surface area (Å²) in [6, 6.07) is 32.8. The Labute approximate surface area is 164 Å². The summed E-state index contributed by atoms with van der Waals surface area (Å²) < 4.78 is 0. The van der Waals surface area contributed by atoms with Gasteiger partial charge in [0.15, 0.2) is 0 Å². The molecule has 0 aromatic heterocycles. The van der Waals surface area contributed by atoms with Crippen LogP contribution < -0.4 is 0 Å². The molecule has 130 valence electrons. The largest absolute Gasteiger partial charge is 0.192 e. The predicted octanol–water partition coefficient (Wildman–Crippen LogP) is 6.21. The van der Waals surface area contributed by atoms with Crippen LogP contribution >= 0.6 is 0 Å². The van der Waals surface area contributed by atoms with E-state index in [-0.39, 0.29) is 5.41 Å². The summed E-state index contributed by atoms with van der Waals surface area (Å²) in [5.41, 5.74) is 11.9. The van der Waals surface area contributed by atoms with E-state index in [2.05, 4.69) is 91.9 Å². The van der Waals surface area contributed by atoms with Crippen LogP contribution in [-0.4, -0.2) is 0 Å². The molecule has 0 aliphatic heterocycles. The molecule has 4 aromatic rings. The van der Waals surface area contributed by atoms with Crippen molar-refractivity contribution in [2.45, 2.75) is 12.3 Å². The molecule has 1 spiro atoms. The van der Waals surface area contributed by atoms with Gasteiger partial charge < -0.3 is 0 Å². The maximum atomic E-state index is 9.60. The zero-order valence-electron chi connectivity index (χ0n) is 15.5. The molecule has 2 aliphatic carbocycles. The highest BCUT2D eigenvalue weighted by atomic mass is 14.5. The van der Waals surface area contributed by atoms with Crippen LogP contribution in [0.15, 0.2) is 84.9 Å². The van der Waals surface area contributed by atoms with Crippen LogP contribution in [0.25, 0.3) is 22.3 Å². The van der Waals surface area contributed by atoms with Crippen LogP contribution in [0.1, 0.15) is 33.4 Å². The second-order valence-corrected chi connectivity index (χ2v) is 7.76. The minimum absolute atomic E-state index is 0.350. The lowest BCUT2D eigenvalue weighted by Gasteiger charge is -2.30. The smallest absolute Gasteiger partial charge is 0.0991 e. The summed E-state index contributed by atoms with van der Waals surface area (Å²) in [7, 11) is 0. The molecule has 1 heteroatoms. The molecule has 0 amide bonds. The summed E-state index contributed by atoms with van der Waals surface area (Å²) in [4.78, 5) is 0. The Kier molecular flexibility index (Phi) is 2.87. The van der Waals surface area contributed by atoms with E-state index < -0.39 is 0 Å². The van der Waals surface area contributed by atoms with Crippen molar-refractivity contribution in [2.24, 2.45) is 0 Å². The van der Waals surface area contributed by atoms with Gasteiger partial charge in [0.25, 0.3) is 0 Å². The summed E-state index contributed by atoms with van der Waals surface area (Å²) in [5, 5.41) is 9.60. The lowest BCUT2D eigenvalue weighted by molar-refractivity contribution is 0.792. The Morgan fingerprint density at radius 2 is 1.14 bits per heavy atom. The average Bonchev–Trinajstić information content (AvgIpc) is 3.20. The van der Waals surface area contributed by atoms with Gasteiger partial charge in [0.2, 0.25) is 0 Å². The second-order valence-electron chi connectivity index (χ2n) is 7.76. The molecule has 0 saturated heterocycles. The maximum absolute atomic E-state index is 9.60. The van der Waals surface area contributed by atoms with Crippen LogP contribution in [0, 0.1) is 18.3 Å². The molecule has 0 fully saturated rings. The summed E-state index contributed by atoms with van der Waals surface area (Å²) in [5.74, 6) is 0. The van der Waals surface area contributed by atoms with Gasteiger partial charge in [0.1, 0.15) is 0 Å². The van der Waals surface area contributed by atoms with E-state index in [4.69, 9.17) is 0 Å². The molecule has 0 N–H and O–H groups in total. The molecule has 1 nitrogen and oxygen atoms in total. The fourth-order valence-corrected chi connectivity index (χ4v) is 5.32. The van der Waals surface area contributed by atoms with Gasteiger partial charge in [-0.05, 0) is 63.6 Å². The number of nitrogens with zero attached hydrogens (tertiary/aromatic N) is 1. The first kappa shape index (κ1) is 15.4. The van der Waals surface area contributed by atoms with Crippen molar-refractivity contribution in [3.05, 3.63) is 118 Å². The van der Waals surface area contributed by atoms with Gasteiger partial charge in [-0.25, -0.2) is 0 Å². The first-order valence-corrected chi connectivity index (χ1v) is 9.60. The van der Waals surface area contributed by atoms with Crippen molar-refractivity contribution >= 4 is 0 Å². The van der Waals surface area contributed by atoms with E-state index in [9.17, 15) is 5.26 Å². The first-order valence-electron chi connectivity index (χ1n) is 9.60. The van der Waals surface area contributed by atoms with Gasteiger partial charge in [0, 0.05) is 0 Å². The van der Waals surface area contributed by atoms with Crippen molar-refractivity contribution in [3.63, 3.8) is 0 Å². The summed E-state index contributed by atoms with van der Waals surface area (Å²) in [6.45, 7) is 2.16. The molecule has 0 heterocycles. The third kappa shape index (κ3) is 1.66. The Morgan fingerprint density at radius 3 is 1.79 bits per heavy atom. The molecule has 4 aromatic carbocycles. The Bertz CT molecular complexity index is 1290. The molecule has 28 heavy (non-hydrogen) atoms. The fraction of sp³-hybridized carbons (Fsp3) is 0.0741. The third-order valence-electron chi connectivity index (χ3n) is 6.37. The van der Waals surface area contributed by atoms with Gasteiger partial charge in [0.05, 0.1) is 17.0 Å². The molecule has 0 radical (unpaired) electrons. The highest BCUT2D eigenvalue weighted by molar-refractivity contribution is 5.95. The minimum Gasteiger partial charge on any atom is -0.192 e. The lowest BCUT2D eigenvalue weighted by Crippen LogP contribution is -2.26. The highest BCUT2D eigenvalue weighted by Crippen LogP contribution is 2.62. The van der Waals surface area contributed by atoms with Crippen molar-refractivity contribution in [1.82, 2.24) is 0 Å². The van der Waals surface area contributed by atoms with Gasteiger partial charge >= 0.3 is 0 Å². The van der Waals surface area contributed by atoms with Crippen molar-refractivity contribution in [2.75, 3.05) is 0 Å². The molecule has 0 saturated carbocycles. The standard InChI is InChI=1S/C27H17N/c1-17-10-12-21-22-13-11-18(16-28)15-26(22)27(25(21)14-17)23-8-4-2-6-19(23)20-7-3-5-9-24(20)27/h2-15H,1H3. The Morgan fingerprint density at radius 1 is 0.607 bits per heavy atom. The lowest BCUT2D eigenvalue weighted by atomic mass is 9.70. The Hall–Kier alpha value is -3.63. The van der Waals surface area contributed by atoms with E-state index in [0.29, 0.717) is 5.56 Å². The highest BCUT2D eigenvalue weighted by Gasteiger charge is 2.51. The molecular formula is C27H17N. The van der Waals surface area contributed by atoms with E-state index in [1.165, 1.54) is 50.1 Å².